The van der Waals surface area contributed by atoms with Crippen molar-refractivity contribution in [2.24, 2.45) is 5.92 Å². The van der Waals surface area contributed by atoms with Crippen molar-refractivity contribution in [2.75, 3.05) is 18.7 Å². The number of hydrogen-bond acceptors (Lipinski definition) is 4. The normalized spacial score (nSPS) is 14.6. The number of carbonyl (C=O) groups is 1. The lowest BCUT2D eigenvalue weighted by atomic mass is 10.1. The largest absolute Gasteiger partial charge is 0.463 e. The van der Waals surface area contributed by atoms with Crippen molar-refractivity contribution in [2.45, 2.75) is 25.8 Å². The molecule has 132 valence electrons. The lowest BCUT2D eigenvalue weighted by Gasteiger charge is -2.15. The zero-order valence-corrected chi connectivity index (χ0v) is 14.2. The van der Waals surface area contributed by atoms with Crippen LogP contribution in [-0.4, -0.2) is 24.3 Å². The number of nitrogens with zero attached hydrogens (tertiary/aromatic N) is 1. The number of aromatic nitrogens is 1. The fourth-order valence-electron chi connectivity index (χ4n) is 2.51. The Balaban J connectivity index is 1.59. The second-order valence-electron chi connectivity index (χ2n) is 6.27. The number of pyridine rings is 1. The van der Waals surface area contributed by atoms with Gasteiger partial charge in [0.25, 0.3) is 5.91 Å². The van der Waals surface area contributed by atoms with Crippen molar-refractivity contribution in [3.05, 3.63) is 53.7 Å². The molecule has 0 saturated heterocycles. The van der Waals surface area contributed by atoms with Crippen LogP contribution in [-0.2, 0) is 0 Å². The van der Waals surface area contributed by atoms with Crippen molar-refractivity contribution >= 4 is 11.7 Å². The molecule has 1 amide bonds. The highest BCUT2D eigenvalue weighted by Gasteiger charge is 2.21. The SMILES string of the molecule is CC(NC(=O)c1ccc(OCF)cc1)c1ccnc(NCC2CC2)c1. The molecule has 25 heavy (non-hydrogen) atoms. The molecule has 0 bridgehead atoms. The van der Waals surface area contributed by atoms with Crippen LogP contribution in [0.4, 0.5) is 10.2 Å². The lowest BCUT2D eigenvalue weighted by Crippen LogP contribution is -2.26. The summed E-state index contributed by atoms with van der Waals surface area (Å²) < 4.78 is 16.9. The van der Waals surface area contributed by atoms with Crippen LogP contribution < -0.4 is 15.4 Å². The molecule has 1 aromatic carbocycles. The zero-order valence-electron chi connectivity index (χ0n) is 14.2. The number of halogens is 1. The first-order valence-electron chi connectivity index (χ1n) is 8.45. The van der Waals surface area contributed by atoms with Crippen LogP contribution >= 0.6 is 0 Å². The van der Waals surface area contributed by atoms with E-state index in [1.807, 2.05) is 19.1 Å². The van der Waals surface area contributed by atoms with Crippen LogP contribution in [0, 0.1) is 5.92 Å². The second-order valence-corrected chi connectivity index (χ2v) is 6.27. The Morgan fingerprint density at radius 2 is 2.08 bits per heavy atom. The van der Waals surface area contributed by atoms with Gasteiger partial charge >= 0.3 is 0 Å². The van der Waals surface area contributed by atoms with Gasteiger partial charge in [0.1, 0.15) is 11.6 Å². The lowest BCUT2D eigenvalue weighted by molar-refractivity contribution is 0.0940. The Kier molecular flexibility index (Phi) is 5.48. The molecular formula is C19H22FN3O2. The van der Waals surface area contributed by atoms with Crippen LogP contribution in [0.5, 0.6) is 5.75 Å². The summed E-state index contributed by atoms with van der Waals surface area (Å²) in [4.78, 5) is 16.7. The van der Waals surface area contributed by atoms with E-state index in [2.05, 4.69) is 15.6 Å². The summed E-state index contributed by atoms with van der Waals surface area (Å²) >= 11 is 0. The maximum absolute atomic E-state index is 12.3. The Morgan fingerprint density at radius 1 is 1.32 bits per heavy atom. The quantitative estimate of drug-likeness (QED) is 0.767. The molecule has 1 aliphatic rings. The summed E-state index contributed by atoms with van der Waals surface area (Å²) in [5.41, 5.74) is 1.48. The topological polar surface area (TPSA) is 63.2 Å². The molecule has 1 aromatic heterocycles. The Morgan fingerprint density at radius 3 is 2.76 bits per heavy atom. The summed E-state index contributed by atoms with van der Waals surface area (Å²) in [6.45, 7) is 1.99. The number of benzene rings is 1. The van der Waals surface area contributed by atoms with Gasteiger partial charge in [-0.1, -0.05) is 0 Å². The molecular weight excluding hydrogens is 321 g/mol. The number of ether oxygens (including phenoxy) is 1. The Hall–Kier alpha value is -2.63. The second kappa shape index (κ2) is 7.96. The maximum atomic E-state index is 12.3. The van der Waals surface area contributed by atoms with E-state index in [1.165, 1.54) is 12.8 Å². The highest BCUT2D eigenvalue weighted by Crippen LogP contribution is 2.29. The van der Waals surface area contributed by atoms with E-state index in [1.54, 1.807) is 30.5 Å². The van der Waals surface area contributed by atoms with Gasteiger partial charge in [-0.2, -0.15) is 0 Å². The van der Waals surface area contributed by atoms with E-state index >= 15 is 0 Å². The van der Waals surface area contributed by atoms with Crippen molar-refractivity contribution in [1.29, 1.82) is 0 Å². The molecule has 5 nitrogen and oxygen atoms in total. The molecule has 2 aromatic rings. The van der Waals surface area contributed by atoms with E-state index in [0.29, 0.717) is 11.3 Å². The zero-order chi connectivity index (χ0) is 17.6. The number of hydrogen-bond donors (Lipinski definition) is 2. The minimum atomic E-state index is -0.887. The third-order valence-electron chi connectivity index (χ3n) is 4.24. The maximum Gasteiger partial charge on any atom is 0.251 e. The van der Waals surface area contributed by atoms with Crippen LogP contribution in [0.2, 0.25) is 0 Å². The fraction of sp³-hybridized carbons (Fsp3) is 0.368. The average Bonchev–Trinajstić information content (AvgIpc) is 3.45. The smallest absolute Gasteiger partial charge is 0.251 e. The van der Waals surface area contributed by atoms with Crippen molar-refractivity contribution in [1.82, 2.24) is 10.3 Å². The van der Waals surface area contributed by atoms with Crippen LogP contribution in [0.25, 0.3) is 0 Å². The van der Waals surface area contributed by atoms with Gasteiger partial charge in [-0.15, -0.1) is 0 Å². The summed E-state index contributed by atoms with van der Waals surface area (Å²) in [6.07, 6.45) is 4.32. The molecule has 0 spiro atoms. The molecule has 1 fully saturated rings. The molecule has 0 radical (unpaired) electrons. The minimum absolute atomic E-state index is 0.154. The summed E-state index contributed by atoms with van der Waals surface area (Å²) in [6, 6.07) is 10.1. The molecule has 1 heterocycles. The van der Waals surface area contributed by atoms with Crippen molar-refractivity contribution in [3.63, 3.8) is 0 Å². The number of amides is 1. The Bertz CT molecular complexity index is 717. The third-order valence-corrected chi connectivity index (χ3v) is 4.24. The number of nitrogens with one attached hydrogen (secondary N) is 2. The summed E-state index contributed by atoms with van der Waals surface area (Å²) in [5, 5.41) is 6.30. The van der Waals surface area contributed by atoms with Gasteiger partial charge in [-0.25, -0.2) is 9.37 Å². The number of anilines is 1. The van der Waals surface area contributed by atoms with Gasteiger partial charge in [-0.05, 0) is 67.6 Å². The standard InChI is InChI=1S/C19H22FN3O2/c1-13(16-8-9-21-18(10-16)22-11-14-2-3-14)23-19(24)15-4-6-17(7-5-15)25-12-20/h4-10,13-14H,2-3,11-12H2,1H3,(H,21,22)(H,23,24). The van der Waals surface area contributed by atoms with Gasteiger partial charge in [-0.3, -0.25) is 4.79 Å². The predicted octanol–water partition coefficient (Wildman–Crippen LogP) is 3.70. The van der Waals surface area contributed by atoms with Crippen LogP contribution in [0.1, 0.15) is 41.7 Å². The van der Waals surface area contributed by atoms with Gasteiger partial charge < -0.3 is 15.4 Å². The van der Waals surface area contributed by atoms with E-state index in [0.717, 1.165) is 23.8 Å². The predicted molar refractivity (Wildman–Crippen MR) is 94.4 cm³/mol. The molecule has 3 rings (SSSR count). The Labute approximate surface area is 146 Å². The molecule has 1 atom stereocenters. The van der Waals surface area contributed by atoms with Gasteiger partial charge in [0.05, 0.1) is 6.04 Å². The van der Waals surface area contributed by atoms with E-state index in [9.17, 15) is 9.18 Å². The minimum Gasteiger partial charge on any atom is -0.463 e. The number of carbonyl (C=O) groups excluding carboxylic acids is 1. The molecule has 6 heteroatoms. The first kappa shape index (κ1) is 17.2. The first-order chi connectivity index (χ1) is 12.2. The number of rotatable bonds is 8. The highest BCUT2D eigenvalue weighted by atomic mass is 19.1. The van der Waals surface area contributed by atoms with Crippen molar-refractivity contribution < 1.29 is 13.9 Å². The van der Waals surface area contributed by atoms with E-state index in [-0.39, 0.29) is 11.9 Å². The summed E-state index contributed by atoms with van der Waals surface area (Å²) in [7, 11) is 0. The molecule has 0 aliphatic heterocycles. The van der Waals surface area contributed by atoms with E-state index in [4.69, 9.17) is 4.74 Å². The third kappa shape index (κ3) is 4.92. The van der Waals surface area contributed by atoms with Gasteiger partial charge in [0, 0.05) is 18.3 Å². The van der Waals surface area contributed by atoms with Gasteiger partial charge in [0.2, 0.25) is 6.86 Å². The van der Waals surface area contributed by atoms with Gasteiger partial charge in [0.15, 0.2) is 0 Å². The van der Waals surface area contributed by atoms with Crippen molar-refractivity contribution in [3.8, 4) is 5.75 Å². The van der Waals surface area contributed by atoms with Crippen LogP contribution in [0.15, 0.2) is 42.6 Å². The highest BCUT2D eigenvalue weighted by molar-refractivity contribution is 5.94. The van der Waals surface area contributed by atoms with Crippen LogP contribution in [0.3, 0.4) is 0 Å². The fourth-order valence-corrected chi connectivity index (χ4v) is 2.51. The average molecular weight is 343 g/mol. The summed E-state index contributed by atoms with van der Waals surface area (Å²) in [5.74, 6) is 1.81. The first-order valence-corrected chi connectivity index (χ1v) is 8.45. The monoisotopic (exact) mass is 343 g/mol. The molecule has 1 aliphatic carbocycles. The molecule has 2 N–H and O–H groups in total. The van der Waals surface area contributed by atoms with E-state index < -0.39 is 6.86 Å². The number of alkyl halides is 1. The molecule has 1 saturated carbocycles. The molecule has 1 unspecified atom stereocenters.